The van der Waals surface area contributed by atoms with Crippen molar-refractivity contribution in [1.29, 1.82) is 0 Å². The highest BCUT2D eigenvalue weighted by molar-refractivity contribution is 5.22. The second kappa shape index (κ2) is 5.98. The fourth-order valence-electron chi connectivity index (χ4n) is 2.23. The molecule has 1 nitrogen and oxygen atoms in total. The molecule has 2 aromatic carbocycles. The SMILES string of the molecule is CC(O)(CCCc1ccccc1)c1ccc(F)cc1. The Morgan fingerprint density at radius 1 is 1.00 bits per heavy atom. The van der Waals surface area contributed by atoms with Gasteiger partial charge in [0.2, 0.25) is 0 Å². The summed E-state index contributed by atoms with van der Waals surface area (Å²) in [5.74, 6) is -0.274. The lowest BCUT2D eigenvalue weighted by Gasteiger charge is -2.23. The van der Waals surface area contributed by atoms with Crippen molar-refractivity contribution in [2.24, 2.45) is 0 Å². The molecule has 2 heteroatoms. The Labute approximate surface area is 113 Å². The van der Waals surface area contributed by atoms with E-state index in [1.165, 1.54) is 17.7 Å². The summed E-state index contributed by atoms with van der Waals surface area (Å²) in [5, 5.41) is 10.4. The van der Waals surface area contributed by atoms with E-state index in [2.05, 4.69) is 12.1 Å². The van der Waals surface area contributed by atoms with Gasteiger partial charge in [-0.05, 0) is 49.4 Å². The van der Waals surface area contributed by atoms with Crippen molar-refractivity contribution in [1.82, 2.24) is 0 Å². The lowest BCUT2D eigenvalue weighted by Crippen LogP contribution is -2.21. The van der Waals surface area contributed by atoms with Gasteiger partial charge in [-0.25, -0.2) is 4.39 Å². The van der Waals surface area contributed by atoms with Gasteiger partial charge in [-0.3, -0.25) is 0 Å². The summed E-state index contributed by atoms with van der Waals surface area (Å²) in [6.07, 6.45) is 2.50. The van der Waals surface area contributed by atoms with Gasteiger partial charge in [-0.15, -0.1) is 0 Å². The summed E-state index contributed by atoms with van der Waals surface area (Å²) in [7, 11) is 0. The Bertz CT molecular complexity index is 503. The molecule has 1 atom stereocenters. The summed E-state index contributed by atoms with van der Waals surface area (Å²) in [4.78, 5) is 0. The molecule has 0 aliphatic rings. The maximum Gasteiger partial charge on any atom is 0.123 e. The van der Waals surface area contributed by atoms with E-state index in [1.807, 2.05) is 18.2 Å². The van der Waals surface area contributed by atoms with Crippen LogP contribution in [-0.2, 0) is 12.0 Å². The molecule has 0 fully saturated rings. The molecule has 100 valence electrons. The molecule has 0 aliphatic heterocycles. The molecule has 2 rings (SSSR count). The average molecular weight is 258 g/mol. The number of hydrogen-bond donors (Lipinski definition) is 1. The van der Waals surface area contributed by atoms with Gasteiger partial charge in [-0.2, -0.15) is 0 Å². The maximum absolute atomic E-state index is 12.9. The topological polar surface area (TPSA) is 20.2 Å². The third-order valence-electron chi connectivity index (χ3n) is 3.44. The van der Waals surface area contributed by atoms with Crippen molar-refractivity contribution in [2.75, 3.05) is 0 Å². The molecule has 0 aromatic heterocycles. The molecule has 0 aliphatic carbocycles. The van der Waals surface area contributed by atoms with Crippen molar-refractivity contribution in [2.45, 2.75) is 31.8 Å². The molecule has 0 bridgehead atoms. The number of aliphatic hydroxyl groups is 1. The summed E-state index contributed by atoms with van der Waals surface area (Å²) >= 11 is 0. The van der Waals surface area contributed by atoms with Crippen LogP contribution in [0.15, 0.2) is 54.6 Å². The van der Waals surface area contributed by atoms with E-state index in [1.54, 1.807) is 19.1 Å². The average Bonchev–Trinajstić information content (AvgIpc) is 2.40. The van der Waals surface area contributed by atoms with Crippen LogP contribution in [0.5, 0.6) is 0 Å². The zero-order valence-electron chi connectivity index (χ0n) is 11.1. The third kappa shape index (κ3) is 3.90. The fourth-order valence-corrected chi connectivity index (χ4v) is 2.23. The van der Waals surface area contributed by atoms with Gasteiger partial charge < -0.3 is 5.11 Å². The molecule has 0 heterocycles. The van der Waals surface area contributed by atoms with E-state index in [0.29, 0.717) is 6.42 Å². The molecule has 1 N–H and O–H groups in total. The molecule has 0 saturated heterocycles. The highest BCUT2D eigenvalue weighted by atomic mass is 19.1. The minimum atomic E-state index is -0.900. The quantitative estimate of drug-likeness (QED) is 0.857. The Hall–Kier alpha value is -1.67. The van der Waals surface area contributed by atoms with Crippen molar-refractivity contribution in [3.8, 4) is 0 Å². The first-order valence-corrected chi connectivity index (χ1v) is 6.60. The van der Waals surface area contributed by atoms with E-state index in [4.69, 9.17) is 0 Å². The summed E-state index contributed by atoms with van der Waals surface area (Å²) in [5.41, 5.74) is 1.14. The minimum absolute atomic E-state index is 0.274. The number of rotatable bonds is 5. The standard InChI is InChI=1S/C17H19FO/c1-17(19,15-9-11-16(18)12-10-15)13-5-8-14-6-3-2-4-7-14/h2-4,6-7,9-12,19H,5,8,13H2,1H3. The van der Waals surface area contributed by atoms with E-state index in [0.717, 1.165) is 18.4 Å². The molecule has 0 spiro atoms. The predicted octanol–water partition coefficient (Wildman–Crippen LogP) is 4.06. The van der Waals surface area contributed by atoms with Crippen molar-refractivity contribution in [3.05, 3.63) is 71.5 Å². The number of benzene rings is 2. The van der Waals surface area contributed by atoms with Crippen LogP contribution in [0.3, 0.4) is 0 Å². The largest absolute Gasteiger partial charge is 0.385 e. The molecular weight excluding hydrogens is 239 g/mol. The molecule has 2 aromatic rings. The van der Waals surface area contributed by atoms with Crippen LogP contribution in [-0.4, -0.2) is 5.11 Å². The fraction of sp³-hybridized carbons (Fsp3) is 0.294. The van der Waals surface area contributed by atoms with Gasteiger partial charge in [0.15, 0.2) is 0 Å². The van der Waals surface area contributed by atoms with Crippen LogP contribution in [0, 0.1) is 5.82 Å². The molecule has 0 saturated carbocycles. The highest BCUT2D eigenvalue weighted by Crippen LogP contribution is 2.26. The van der Waals surface area contributed by atoms with E-state index in [-0.39, 0.29) is 5.82 Å². The monoisotopic (exact) mass is 258 g/mol. The second-order valence-electron chi connectivity index (χ2n) is 5.12. The van der Waals surface area contributed by atoms with Crippen LogP contribution in [0.1, 0.15) is 30.9 Å². The van der Waals surface area contributed by atoms with Crippen LogP contribution < -0.4 is 0 Å². The van der Waals surface area contributed by atoms with E-state index >= 15 is 0 Å². The van der Waals surface area contributed by atoms with Crippen LogP contribution in [0.25, 0.3) is 0 Å². The Morgan fingerprint density at radius 2 is 1.63 bits per heavy atom. The Kier molecular flexibility index (Phi) is 4.33. The zero-order chi connectivity index (χ0) is 13.7. The molecular formula is C17H19FO. The van der Waals surface area contributed by atoms with Crippen molar-refractivity contribution < 1.29 is 9.50 Å². The van der Waals surface area contributed by atoms with Crippen molar-refractivity contribution in [3.63, 3.8) is 0 Å². The summed E-state index contributed by atoms with van der Waals surface area (Å²) < 4.78 is 12.9. The molecule has 19 heavy (non-hydrogen) atoms. The zero-order valence-corrected chi connectivity index (χ0v) is 11.1. The molecule has 0 amide bonds. The first kappa shape index (κ1) is 13.8. The number of halogens is 1. The highest BCUT2D eigenvalue weighted by Gasteiger charge is 2.22. The normalized spacial score (nSPS) is 14.1. The van der Waals surface area contributed by atoms with Gasteiger partial charge in [0.25, 0.3) is 0 Å². The first-order valence-electron chi connectivity index (χ1n) is 6.60. The smallest absolute Gasteiger partial charge is 0.123 e. The summed E-state index contributed by atoms with van der Waals surface area (Å²) in [6, 6.07) is 16.3. The van der Waals surface area contributed by atoms with Gasteiger partial charge in [0, 0.05) is 0 Å². The number of hydrogen-bond acceptors (Lipinski definition) is 1. The predicted molar refractivity (Wildman–Crippen MR) is 75.4 cm³/mol. The van der Waals surface area contributed by atoms with Gasteiger partial charge in [0.1, 0.15) is 5.82 Å². The second-order valence-corrected chi connectivity index (χ2v) is 5.12. The molecule has 0 radical (unpaired) electrons. The lowest BCUT2D eigenvalue weighted by atomic mass is 9.90. The Balaban J connectivity index is 1.92. The lowest BCUT2D eigenvalue weighted by molar-refractivity contribution is 0.0456. The van der Waals surface area contributed by atoms with Crippen LogP contribution in [0.2, 0.25) is 0 Å². The van der Waals surface area contributed by atoms with Crippen molar-refractivity contribution >= 4 is 0 Å². The Morgan fingerprint density at radius 3 is 2.26 bits per heavy atom. The minimum Gasteiger partial charge on any atom is -0.385 e. The number of aryl methyl sites for hydroxylation is 1. The van der Waals surface area contributed by atoms with Gasteiger partial charge in [0.05, 0.1) is 5.60 Å². The summed E-state index contributed by atoms with van der Waals surface area (Å²) in [6.45, 7) is 1.78. The van der Waals surface area contributed by atoms with E-state index in [9.17, 15) is 9.50 Å². The van der Waals surface area contributed by atoms with Gasteiger partial charge in [-0.1, -0.05) is 42.5 Å². The maximum atomic E-state index is 12.9. The van der Waals surface area contributed by atoms with Crippen LogP contribution in [0.4, 0.5) is 4.39 Å². The van der Waals surface area contributed by atoms with Crippen LogP contribution >= 0.6 is 0 Å². The first-order chi connectivity index (χ1) is 9.08. The third-order valence-corrected chi connectivity index (χ3v) is 3.44. The molecule has 1 unspecified atom stereocenters. The van der Waals surface area contributed by atoms with E-state index < -0.39 is 5.60 Å². The van der Waals surface area contributed by atoms with Gasteiger partial charge >= 0.3 is 0 Å².